The Kier molecular flexibility index (Phi) is 4.75. The summed E-state index contributed by atoms with van der Waals surface area (Å²) in [5.74, 6) is 0.972. The number of benzene rings is 1. The Morgan fingerprint density at radius 2 is 2.21 bits per heavy atom. The van der Waals surface area contributed by atoms with Crippen LogP contribution in [0.4, 0.5) is 5.69 Å². The molecule has 0 saturated heterocycles. The van der Waals surface area contributed by atoms with Gasteiger partial charge in [0.2, 0.25) is 5.91 Å². The van der Waals surface area contributed by atoms with E-state index in [1.807, 2.05) is 39.0 Å². The highest BCUT2D eigenvalue weighted by Gasteiger charge is 2.12. The SMILES string of the molecule is CCOc1ccc2nc(SCC(=O)Nc3c(C)n[nH]c3C)[nH]c2c1. The highest BCUT2D eigenvalue weighted by Crippen LogP contribution is 2.24. The fraction of sp³-hybridized carbons (Fsp3) is 0.312. The van der Waals surface area contributed by atoms with Gasteiger partial charge in [-0.05, 0) is 32.9 Å². The summed E-state index contributed by atoms with van der Waals surface area (Å²) in [5.41, 5.74) is 4.11. The zero-order valence-corrected chi connectivity index (χ0v) is 14.6. The summed E-state index contributed by atoms with van der Waals surface area (Å²) in [6.07, 6.45) is 0. The molecule has 0 spiro atoms. The number of fused-ring (bicyclic) bond motifs is 1. The number of hydrogen-bond donors (Lipinski definition) is 3. The van der Waals surface area contributed by atoms with Gasteiger partial charge in [-0.2, -0.15) is 5.10 Å². The van der Waals surface area contributed by atoms with Crippen molar-refractivity contribution in [2.24, 2.45) is 0 Å². The summed E-state index contributed by atoms with van der Waals surface area (Å²) in [4.78, 5) is 19.8. The molecule has 0 aliphatic carbocycles. The molecule has 8 heteroatoms. The number of ether oxygens (including phenoxy) is 1. The van der Waals surface area contributed by atoms with E-state index in [9.17, 15) is 4.79 Å². The standard InChI is InChI=1S/C16H19N5O2S/c1-4-23-11-5-6-12-13(7-11)18-16(17-12)24-8-14(22)19-15-9(2)20-21-10(15)3/h5-7H,4,8H2,1-3H3,(H,17,18)(H,19,22)(H,20,21). The first-order valence-corrected chi connectivity index (χ1v) is 8.62. The molecule has 0 radical (unpaired) electrons. The smallest absolute Gasteiger partial charge is 0.234 e. The van der Waals surface area contributed by atoms with Crippen molar-refractivity contribution in [2.75, 3.05) is 17.7 Å². The Morgan fingerprint density at radius 1 is 1.38 bits per heavy atom. The van der Waals surface area contributed by atoms with Gasteiger partial charge < -0.3 is 15.0 Å². The van der Waals surface area contributed by atoms with Gasteiger partial charge in [0.25, 0.3) is 0 Å². The van der Waals surface area contributed by atoms with Gasteiger partial charge in [0, 0.05) is 6.07 Å². The third-order valence-corrected chi connectivity index (χ3v) is 4.35. The number of carbonyl (C=O) groups excluding carboxylic acids is 1. The number of nitrogens with zero attached hydrogens (tertiary/aromatic N) is 2. The molecule has 0 fully saturated rings. The molecular formula is C16H19N5O2S. The molecular weight excluding hydrogens is 326 g/mol. The fourth-order valence-corrected chi connectivity index (χ4v) is 3.02. The van der Waals surface area contributed by atoms with Gasteiger partial charge in [-0.1, -0.05) is 11.8 Å². The quantitative estimate of drug-likeness (QED) is 0.597. The van der Waals surface area contributed by atoms with Crippen LogP contribution in [0, 0.1) is 13.8 Å². The number of carbonyl (C=O) groups is 1. The van der Waals surface area contributed by atoms with Gasteiger partial charge in [-0.3, -0.25) is 9.89 Å². The Labute approximate surface area is 143 Å². The third-order valence-electron chi connectivity index (χ3n) is 3.48. The summed E-state index contributed by atoms with van der Waals surface area (Å²) >= 11 is 1.36. The van der Waals surface area contributed by atoms with Crippen molar-refractivity contribution in [3.63, 3.8) is 0 Å². The summed E-state index contributed by atoms with van der Waals surface area (Å²) in [6.45, 7) is 6.29. The average Bonchev–Trinajstić information content (AvgIpc) is 3.10. The minimum Gasteiger partial charge on any atom is -0.494 e. The van der Waals surface area contributed by atoms with E-state index in [0.717, 1.165) is 33.9 Å². The van der Waals surface area contributed by atoms with Crippen LogP contribution in [0.1, 0.15) is 18.3 Å². The lowest BCUT2D eigenvalue weighted by atomic mass is 10.3. The van der Waals surface area contributed by atoms with Crippen LogP contribution >= 0.6 is 11.8 Å². The minimum absolute atomic E-state index is 0.0944. The molecule has 0 atom stereocenters. The van der Waals surface area contributed by atoms with Gasteiger partial charge in [0.15, 0.2) is 5.16 Å². The summed E-state index contributed by atoms with van der Waals surface area (Å²) in [7, 11) is 0. The molecule has 2 heterocycles. The number of rotatable bonds is 6. The maximum absolute atomic E-state index is 12.1. The van der Waals surface area contributed by atoms with E-state index in [4.69, 9.17) is 4.74 Å². The number of amides is 1. The van der Waals surface area contributed by atoms with Crippen molar-refractivity contribution in [3.8, 4) is 5.75 Å². The maximum Gasteiger partial charge on any atom is 0.234 e. The lowest BCUT2D eigenvalue weighted by Crippen LogP contribution is -2.15. The van der Waals surface area contributed by atoms with E-state index in [0.29, 0.717) is 11.8 Å². The molecule has 3 N–H and O–H groups in total. The Balaban J connectivity index is 1.63. The maximum atomic E-state index is 12.1. The van der Waals surface area contributed by atoms with Crippen molar-refractivity contribution in [2.45, 2.75) is 25.9 Å². The zero-order chi connectivity index (χ0) is 17.1. The number of nitrogens with one attached hydrogen (secondary N) is 3. The second-order valence-electron chi connectivity index (χ2n) is 5.30. The molecule has 0 aliphatic rings. The van der Waals surface area contributed by atoms with E-state index >= 15 is 0 Å². The largest absolute Gasteiger partial charge is 0.494 e. The first-order chi connectivity index (χ1) is 11.6. The van der Waals surface area contributed by atoms with Gasteiger partial charge in [-0.15, -0.1) is 0 Å². The van der Waals surface area contributed by atoms with Crippen LogP contribution in [0.25, 0.3) is 11.0 Å². The molecule has 24 heavy (non-hydrogen) atoms. The normalized spacial score (nSPS) is 11.0. The van der Waals surface area contributed by atoms with Gasteiger partial charge in [-0.25, -0.2) is 4.98 Å². The third kappa shape index (κ3) is 3.53. The fourth-order valence-electron chi connectivity index (χ4n) is 2.33. The monoisotopic (exact) mass is 345 g/mol. The van der Waals surface area contributed by atoms with Crippen LogP contribution in [0.5, 0.6) is 5.75 Å². The van der Waals surface area contributed by atoms with Crippen LogP contribution in [-0.4, -0.2) is 38.4 Å². The van der Waals surface area contributed by atoms with E-state index in [1.54, 1.807) is 0 Å². The lowest BCUT2D eigenvalue weighted by molar-refractivity contribution is -0.113. The topological polar surface area (TPSA) is 95.7 Å². The zero-order valence-electron chi connectivity index (χ0n) is 13.8. The van der Waals surface area contributed by atoms with Crippen LogP contribution < -0.4 is 10.1 Å². The molecule has 126 valence electrons. The number of hydrogen-bond acceptors (Lipinski definition) is 5. The second-order valence-corrected chi connectivity index (χ2v) is 6.26. The number of thioether (sulfide) groups is 1. The average molecular weight is 345 g/mol. The molecule has 7 nitrogen and oxygen atoms in total. The van der Waals surface area contributed by atoms with E-state index in [-0.39, 0.29) is 11.7 Å². The molecule has 1 amide bonds. The van der Waals surface area contributed by atoms with Crippen molar-refractivity contribution in [1.82, 2.24) is 20.2 Å². The van der Waals surface area contributed by atoms with Crippen LogP contribution in [-0.2, 0) is 4.79 Å². The van der Waals surface area contributed by atoms with E-state index in [2.05, 4.69) is 25.5 Å². The predicted molar refractivity (Wildman–Crippen MR) is 94.7 cm³/mol. The first-order valence-electron chi connectivity index (χ1n) is 7.63. The van der Waals surface area contributed by atoms with E-state index in [1.165, 1.54) is 11.8 Å². The number of aromatic amines is 2. The molecule has 3 aromatic rings. The molecule has 0 bridgehead atoms. The number of anilines is 1. The number of H-pyrrole nitrogens is 2. The number of aromatic nitrogens is 4. The van der Waals surface area contributed by atoms with Crippen LogP contribution in [0.15, 0.2) is 23.4 Å². The minimum atomic E-state index is -0.0944. The van der Waals surface area contributed by atoms with Gasteiger partial charge >= 0.3 is 0 Å². The Morgan fingerprint density at radius 3 is 2.92 bits per heavy atom. The Hall–Kier alpha value is -2.48. The summed E-state index contributed by atoms with van der Waals surface area (Å²) in [6, 6.07) is 5.70. The molecule has 1 aromatic carbocycles. The van der Waals surface area contributed by atoms with Crippen LogP contribution in [0.2, 0.25) is 0 Å². The van der Waals surface area contributed by atoms with Gasteiger partial charge in [0.1, 0.15) is 5.75 Å². The van der Waals surface area contributed by atoms with Crippen molar-refractivity contribution in [3.05, 3.63) is 29.6 Å². The predicted octanol–water partition coefficient (Wildman–Crippen LogP) is 3.03. The molecule has 2 aromatic heterocycles. The highest BCUT2D eigenvalue weighted by atomic mass is 32.2. The number of aryl methyl sites for hydroxylation is 2. The van der Waals surface area contributed by atoms with Crippen molar-refractivity contribution >= 4 is 34.4 Å². The summed E-state index contributed by atoms with van der Waals surface area (Å²) < 4.78 is 5.47. The van der Waals surface area contributed by atoms with E-state index < -0.39 is 0 Å². The lowest BCUT2D eigenvalue weighted by Gasteiger charge is -2.03. The molecule has 0 saturated carbocycles. The highest BCUT2D eigenvalue weighted by molar-refractivity contribution is 7.99. The van der Waals surface area contributed by atoms with Crippen molar-refractivity contribution in [1.29, 1.82) is 0 Å². The first kappa shape index (κ1) is 16.4. The molecule has 3 rings (SSSR count). The Bertz CT molecular complexity index is 851. The molecule has 0 aliphatic heterocycles. The van der Waals surface area contributed by atoms with Crippen molar-refractivity contribution < 1.29 is 9.53 Å². The number of imidazole rings is 1. The summed E-state index contributed by atoms with van der Waals surface area (Å²) in [5, 5.41) is 10.5. The van der Waals surface area contributed by atoms with Crippen LogP contribution in [0.3, 0.4) is 0 Å². The second kappa shape index (κ2) is 6.96. The van der Waals surface area contributed by atoms with Gasteiger partial charge in [0.05, 0.1) is 40.5 Å². The molecule has 0 unspecified atom stereocenters.